The van der Waals surface area contributed by atoms with Gasteiger partial charge in [0.05, 0.1) is 27.6 Å². The third kappa shape index (κ3) is 4.63. The minimum Gasteiger partial charge on any atom is -0.322 e. The Morgan fingerprint density at radius 3 is 2.39 bits per heavy atom. The summed E-state index contributed by atoms with van der Waals surface area (Å²) in [6, 6.07) is 24.7. The molecule has 6 nitrogen and oxygen atoms in total. The van der Waals surface area contributed by atoms with Gasteiger partial charge in [-0.1, -0.05) is 35.9 Å². The standard InChI is InChI=1S/C27H18ClIN2O4S/c28-19-5-3-4-17(14-19)16-31-23-15-18(26(32)30-21-11-9-20(29)10-12-21)8-13-25(23)36(34,35)24-7-2-1-6-22(24)27(31)33/h1-15H,16H2,(H,30,32). The van der Waals surface area contributed by atoms with Crippen molar-refractivity contribution in [1.82, 2.24) is 0 Å². The van der Waals surface area contributed by atoms with E-state index in [1.165, 1.54) is 35.2 Å². The number of benzene rings is 4. The third-order valence-corrected chi connectivity index (χ3v) is 8.60. The maximum absolute atomic E-state index is 13.7. The molecule has 0 aromatic heterocycles. The monoisotopic (exact) mass is 628 g/mol. The van der Waals surface area contributed by atoms with E-state index in [0.717, 1.165) is 3.57 Å². The fourth-order valence-corrected chi connectivity index (χ4v) is 6.26. The van der Waals surface area contributed by atoms with Gasteiger partial charge in [0.25, 0.3) is 11.8 Å². The summed E-state index contributed by atoms with van der Waals surface area (Å²) >= 11 is 8.33. The van der Waals surface area contributed by atoms with Gasteiger partial charge in [-0.25, -0.2) is 8.42 Å². The molecule has 0 unspecified atom stereocenters. The van der Waals surface area contributed by atoms with Crippen molar-refractivity contribution in [3.63, 3.8) is 0 Å². The summed E-state index contributed by atoms with van der Waals surface area (Å²) < 4.78 is 28.3. The second-order valence-electron chi connectivity index (χ2n) is 8.16. The average molecular weight is 629 g/mol. The molecular weight excluding hydrogens is 611 g/mol. The van der Waals surface area contributed by atoms with Gasteiger partial charge in [0, 0.05) is 19.8 Å². The molecule has 5 rings (SSSR count). The SMILES string of the molecule is O=C(Nc1ccc(I)cc1)c1ccc2c(c1)N(Cc1cccc(Cl)c1)C(=O)c1ccccc1S2(=O)=O. The van der Waals surface area contributed by atoms with E-state index in [1.54, 1.807) is 48.5 Å². The van der Waals surface area contributed by atoms with Crippen molar-refractivity contribution in [2.45, 2.75) is 16.3 Å². The molecule has 4 aromatic carbocycles. The molecular formula is C27H18ClIN2O4S. The van der Waals surface area contributed by atoms with E-state index in [9.17, 15) is 18.0 Å². The lowest BCUT2D eigenvalue weighted by Gasteiger charge is -2.23. The summed E-state index contributed by atoms with van der Waals surface area (Å²) in [5, 5.41) is 3.31. The van der Waals surface area contributed by atoms with Crippen LogP contribution in [-0.4, -0.2) is 20.2 Å². The fourth-order valence-electron chi connectivity index (χ4n) is 4.06. The first-order valence-electron chi connectivity index (χ1n) is 10.9. The fraction of sp³-hybridized carbons (Fsp3) is 0.0370. The highest BCUT2D eigenvalue weighted by molar-refractivity contribution is 14.1. The molecule has 0 radical (unpaired) electrons. The zero-order chi connectivity index (χ0) is 25.4. The Morgan fingerprint density at radius 2 is 1.64 bits per heavy atom. The van der Waals surface area contributed by atoms with Crippen molar-refractivity contribution in [2.24, 2.45) is 0 Å². The molecule has 0 bridgehead atoms. The molecule has 36 heavy (non-hydrogen) atoms. The Labute approximate surface area is 227 Å². The first kappa shape index (κ1) is 24.5. The normalized spacial score (nSPS) is 13.9. The molecule has 0 aliphatic carbocycles. The maximum atomic E-state index is 13.7. The lowest BCUT2D eigenvalue weighted by Crippen LogP contribution is -2.30. The Bertz CT molecular complexity index is 1620. The van der Waals surface area contributed by atoms with Crippen LogP contribution in [-0.2, 0) is 16.4 Å². The largest absolute Gasteiger partial charge is 0.322 e. The van der Waals surface area contributed by atoms with Crippen LogP contribution in [0.2, 0.25) is 5.02 Å². The maximum Gasteiger partial charge on any atom is 0.259 e. The van der Waals surface area contributed by atoms with Crippen molar-refractivity contribution < 1.29 is 18.0 Å². The van der Waals surface area contributed by atoms with Gasteiger partial charge < -0.3 is 10.2 Å². The Balaban J connectivity index is 1.64. The zero-order valence-corrected chi connectivity index (χ0v) is 22.3. The lowest BCUT2D eigenvalue weighted by atomic mass is 10.1. The van der Waals surface area contributed by atoms with Crippen LogP contribution in [0.1, 0.15) is 26.3 Å². The van der Waals surface area contributed by atoms with E-state index < -0.39 is 21.7 Å². The molecule has 0 saturated heterocycles. The number of carbonyl (C=O) groups is 2. The van der Waals surface area contributed by atoms with E-state index in [2.05, 4.69) is 27.9 Å². The van der Waals surface area contributed by atoms with Gasteiger partial charge in [-0.15, -0.1) is 0 Å². The smallest absolute Gasteiger partial charge is 0.259 e. The lowest BCUT2D eigenvalue weighted by molar-refractivity contribution is 0.0979. The summed E-state index contributed by atoms with van der Waals surface area (Å²) in [6.07, 6.45) is 0. The van der Waals surface area contributed by atoms with Crippen LogP contribution in [0.5, 0.6) is 0 Å². The number of amides is 2. The molecule has 1 N–H and O–H groups in total. The summed E-state index contributed by atoms with van der Waals surface area (Å²) in [5.41, 5.74) is 1.74. The average Bonchev–Trinajstić information content (AvgIpc) is 2.93. The van der Waals surface area contributed by atoms with E-state index in [-0.39, 0.29) is 33.2 Å². The van der Waals surface area contributed by atoms with Crippen molar-refractivity contribution >= 4 is 67.2 Å². The first-order chi connectivity index (χ1) is 17.2. The molecule has 2 amide bonds. The van der Waals surface area contributed by atoms with E-state index >= 15 is 0 Å². The molecule has 0 fully saturated rings. The highest BCUT2D eigenvalue weighted by Gasteiger charge is 2.36. The first-order valence-corrected chi connectivity index (χ1v) is 13.8. The molecule has 0 spiro atoms. The minimum absolute atomic E-state index is 0.0476. The summed E-state index contributed by atoms with van der Waals surface area (Å²) in [6.45, 7) is 0.0679. The van der Waals surface area contributed by atoms with E-state index in [4.69, 9.17) is 11.6 Å². The summed E-state index contributed by atoms with van der Waals surface area (Å²) in [4.78, 5) is 28.0. The van der Waals surface area contributed by atoms with Gasteiger partial charge in [0.1, 0.15) is 0 Å². The number of halogens is 2. The number of rotatable bonds is 4. The number of hydrogen-bond donors (Lipinski definition) is 1. The second-order valence-corrected chi connectivity index (χ2v) is 11.7. The predicted molar refractivity (Wildman–Crippen MR) is 147 cm³/mol. The van der Waals surface area contributed by atoms with Crippen LogP contribution in [0.4, 0.5) is 11.4 Å². The highest BCUT2D eigenvalue weighted by Crippen LogP contribution is 2.38. The molecule has 1 aliphatic rings. The Kier molecular flexibility index (Phi) is 6.59. The molecule has 4 aromatic rings. The number of nitrogens with one attached hydrogen (secondary N) is 1. The van der Waals surface area contributed by atoms with Crippen LogP contribution >= 0.6 is 34.2 Å². The number of sulfone groups is 1. The van der Waals surface area contributed by atoms with Crippen molar-refractivity contribution in [1.29, 1.82) is 0 Å². The molecule has 0 atom stereocenters. The van der Waals surface area contributed by atoms with E-state index in [1.807, 2.05) is 12.1 Å². The summed E-state index contributed by atoms with van der Waals surface area (Å²) in [7, 11) is -4.03. The van der Waals surface area contributed by atoms with Gasteiger partial charge in [-0.05, 0) is 94.9 Å². The third-order valence-electron chi connectivity index (χ3n) is 5.79. The Morgan fingerprint density at radius 1 is 0.889 bits per heavy atom. The number of anilines is 2. The zero-order valence-electron chi connectivity index (χ0n) is 18.6. The van der Waals surface area contributed by atoms with Crippen molar-refractivity contribution in [3.05, 3.63) is 116 Å². The van der Waals surface area contributed by atoms with Gasteiger partial charge in [0.15, 0.2) is 0 Å². The second kappa shape index (κ2) is 9.68. The quantitative estimate of drug-likeness (QED) is 0.273. The molecule has 1 aliphatic heterocycles. The van der Waals surface area contributed by atoms with Crippen LogP contribution in [0.25, 0.3) is 0 Å². The van der Waals surface area contributed by atoms with Gasteiger partial charge >= 0.3 is 0 Å². The van der Waals surface area contributed by atoms with Crippen LogP contribution in [0.15, 0.2) is 101 Å². The molecule has 0 saturated carbocycles. The predicted octanol–water partition coefficient (Wildman–Crippen LogP) is 6.19. The van der Waals surface area contributed by atoms with Crippen LogP contribution < -0.4 is 10.2 Å². The summed E-state index contributed by atoms with van der Waals surface area (Å²) in [5.74, 6) is -0.906. The van der Waals surface area contributed by atoms with Crippen LogP contribution in [0.3, 0.4) is 0 Å². The van der Waals surface area contributed by atoms with Crippen molar-refractivity contribution in [3.8, 4) is 0 Å². The van der Waals surface area contributed by atoms with Crippen LogP contribution in [0, 0.1) is 3.57 Å². The van der Waals surface area contributed by atoms with Crippen molar-refractivity contribution in [2.75, 3.05) is 10.2 Å². The minimum atomic E-state index is -4.03. The number of nitrogens with zero attached hydrogens (tertiary/aromatic N) is 1. The topological polar surface area (TPSA) is 83.6 Å². The molecule has 9 heteroatoms. The number of fused-ring (bicyclic) bond motifs is 2. The number of carbonyl (C=O) groups excluding carboxylic acids is 2. The Hall–Kier alpha value is -3.21. The van der Waals surface area contributed by atoms with Gasteiger partial charge in [-0.2, -0.15) is 0 Å². The number of hydrogen-bond acceptors (Lipinski definition) is 4. The molecule has 1 heterocycles. The highest BCUT2D eigenvalue weighted by atomic mass is 127. The molecule has 180 valence electrons. The van der Waals surface area contributed by atoms with Gasteiger partial charge in [-0.3, -0.25) is 9.59 Å². The van der Waals surface area contributed by atoms with Gasteiger partial charge in [0.2, 0.25) is 9.84 Å². The van der Waals surface area contributed by atoms with E-state index in [0.29, 0.717) is 16.3 Å².